The molecule has 0 spiro atoms. The van der Waals surface area contributed by atoms with E-state index in [4.69, 9.17) is 0 Å². The first-order valence-electron chi connectivity index (χ1n) is 5.78. The van der Waals surface area contributed by atoms with Crippen LogP contribution in [-0.2, 0) is 4.79 Å². The van der Waals surface area contributed by atoms with Gasteiger partial charge < -0.3 is 10.0 Å². The largest absolute Gasteiger partial charge is 0.388 e. The van der Waals surface area contributed by atoms with E-state index in [1.807, 2.05) is 35.2 Å². The summed E-state index contributed by atoms with van der Waals surface area (Å²) < 4.78 is 0. The first-order chi connectivity index (χ1) is 7.77. The molecule has 3 heteroatoms. The Bertz CT molecular complexity index is 350. The molecule has 1 unspecified atom stereocenters. The lowest BCUT2D eigenvalue weighted by molar-refractivity contribution is -0.127. The zero-order valence-electron chi connectivity index (χ0n) is 9.30. The average molecular weight is 219 g/mol. The summed E-state index contributed by atoms with van der Waals surface area (Å²) in [6, 6.07) is 9.59. The topological polar surface area (TPSA) is 40.5 Å². The highest BCUT2D eigenvalue weighted by Crippen LogP contribution is 2.18. The van der Waals surface area contributed by atoms with Crippen LogP contribution in [0.3, 0.4) is 0 Å². The maximum Gasteiger partial charge on any atom is 0.222 e. The molecule has 0 aliphatic carbocycles. The van der Waals surface area contributed by atoms with Crippen molar-refractivity contribution >= 4 is 5.91 Å². The maximum absolute atomic E-state index is 11.4. The summed E-state index contributed by atoms with van der Waals surface area (Å²) >= 11 is 0. The van der Waals surface area contributed by atoms with E-state index in [9.17, 15) is 9.90 Å². The second-order valence-corrected chi connectivity index (χ2v) is 4.20. The van der Waals surface area contributed by atoms with Gasteiger partial charge in [0, 0.05) is 19.5 Å². The van der Waals surface area contributed by atoms with Crippen molar-refractivity contribution in [3.63, 3.8) is 0 Å². The molecule has 1 atom stereocenters. The van der Waals surface area contributed by atoms with E-state index >= 15 is 0 Å². The lowest BCUT2D eigenvalue weighted by atomic mass is 10.1. The van der Waals surface area contributed by atoms with Crippen LogP contribution in [0.1, 0.15) is 30.9 Å². The van der Waals surface area contributed by atoms with Crippen molar-refractivity contribution in [2.45, 2.75) is 25.4 Å². The van der Waals surface area contributed by atoms with Crippen molar-refractivity contribution in [3.8, 4) is 0 Å². The fourth-order valence-electron chi connectivity index (χ4n) is 2.06. The number of rotatable bonds is 4. The molecule has 1 aliphatic heterocycles. The smallest absolute Gasteiger partial charge is 0.222 e. The van der Waals surface area contributed by atoms with Gasteiger partial charge in [-0.05, 0) is 18.4 Å². The molecular weight excluding hydrogens is 202 g/mol. The molecule has 1 aromatic rings. The SMILES string of the molecule is O=C1CCCN1CCC(O)c1ccccc1. The lowest BCUT2D eigenvalue weighted by Gasteiger charge is -2.18. The van der Waals surface area contributed by atoms with E-state index in [2.05, 4.69) is 0 Å². The fourth-order valence-corrected chi connectivity index (χ4v) is 2.06. The van der Waals surface area contributed by atoms with Crippen molar-refractivity contribution in [2.24, 2.45) is 0 Å². The highest BCUT2D eigenvalue weighted by Gasteiger charge is 2.20. The van der Waals surface area contributed by atoms with Crippen LogP contribution in [0.25, 0.3) is 0 Å². The van der Waals surface area contributed by atoms with E-state index in [1.54, 1.807) is 0 Å². The van der Waals surface area contributed by atoms with Gasteiger partial charge in [0.2, 0.25) is 5.91 Å². The van der Waals surface area contributed by atoms with Crippen LogP contribution in [0.4, 0.5) is 0 Å². The van der Waals surface area contributed by atoms with Crippen molar-refractivity contribution in [1.82, 2.24) is 4.90 Å². The van der Waals surface area contributed by atoms with Gasteiger partial charge in [-0.15, -0.1) is 0 Å². The molecule has 0 aromatic heterocycles. The normalized spacial score (nSPS) is 17.8. The molecule has 1 heterocycles. The van der Waals surface area contributed by atoms with Gasteiger partial charge in [-0.25, -0.2) is 0 Å². The van der Waals surface area contributed by atoms with Crippen LogP contribution in [0.15, 0.2) is 30.3 Å². The van der Waals surface area contributed by atoms with Crippen LogP contribution in [0, 0.1) is 0 Å². The molecule has 0 saturated carbocycles. The number of carbonyl (C=O) groups is 1. The third-order valence-corrected chi connectivity index (χ3v) is 3.03. The quantitative estimate of drug-likeness (QED) is 0.837. The third-order valence-electron chi connectivity index (χ3n) is 3.03. The predicted octanol–water partition coefficient (Wildman–Crippen LogP) is 1.73. The highest BCUT2D eigenvalue weighted by atomic mass is 16.3. The fraction of sp³-hybridized carbons (Fsp3) is 0.462. The molecule has 0 radical (unpaired) electrons. The van der Waals surface area contributed by atoms with E-state index in [0.717, 1.165) is 18.5 Å². The Kier molecular flexibility index (Phi) is 3.57. The Morgan fingerprint density at radius 3 is 2.69 bits per heavy atom. The van der Waals surface area contributed by atoms with Gasteiger partial charge >= 0.3 is 0 Å². The second kappa shape index (κ2) is 5.12. The van der Waals surface area contributed by atoms with E-state index in [-0.39, 0.29) is 5.91 Å². The van der Waals surface area contributed by atoms with E-state index in [1.165, 1.54) is 0 Å². The lowest BCUT2D eigenvalue weighted by Crippen LogP contribution is -2.26. The van der Waals surface area contributed by atoms with Gasteiger partial charge in [0.25, 0.3) is 0 Å². The van der Waals surface area contributed by atoms with Crippen LogP contribution in [-0.4, -0.2) is 29.0 Å². The maximum atomic E-state index is 11.4. The minimum Gasteiger partial charge on any atom is -0.388 e. The molecule has 1 N–H and O–H groups in total. The number of nitrogens with zero attached hydrogens (tertiary/aromatic N) is 1. The molecule has 1 aromatic carbocycles. The standard InChI is InChI=1S/C13H17NO2/c15-12(11-5-2-1-3-6-11)8-10-14-9-4-7-13(14)16/h1-3,5-6,12,15H,4,7-10H2. The number of likely N-dealkylation sites (tertiary alicyclic amines) is 1. The van der Waals surface area contributed by atoms with Crippen molar-refractivity contribution in [2.75, 3.05) is 13.1 Å². The molecule has 1 amide bonds. The van der Waals surface area contributed by atoms with Crippen molar-refractivity contribution in [3.05, 3.63) is 35.9 Å². The second-order valence-electron chi connectivity index (χ2n) is 4.20. The van der Waals surface area contributed by atoms with Gasteiger partial charge in [-0.2, -0.15) is 0 Å². The zero-order chi connectivity index (χ0) is 11.4. The zero-order valence-corrected chi connectivity index (χ0v) is 9.30. The molecule has 16 heavy (non-hydrogen) atoms. The Morgan fingerprint density at radius 2 is 2.06 bits per heavy atom. The van der Waals surface area contributed by atoms with Gasteiger partial charge in [-0.1, -0.05) is 30.3 Å². The molecule has 1 saturated heterocycles. The summed E-state index contributed by atoms with van der Waals surface area (Å²) in [5.74, 6) is 0.222. The highest BCUT2D eigenvalue weighted by molar-refractivity contribution is 5.77. The number of carbonyl (C=O) groups excluding carboxylic acids is 1. The van der Waals surface area contributed by atoms with Crippen molar-refractivity contribution in [1.29, 1.82) is 0 Å². The first kappa shape index (κ1) is 11.1. The summed E-state index contributed by atoms with van der Waals surface area (Å²) in [6.07, 6.45) is 1.78. The molecule has 3 nitrogen and oxygen atoms in total. The number of hydrogen-bond donors (Lipinski definition) is 1. The van der Waals surface area contributed by atoms with Crippen molar-refractivity contribution < 1.29 is 9.90 Å². The van der Waals surface area contributed by atoms with Gasteiger partial charge in [0.15, 0.2) is 0 Å². The first-order valence-corrected chi connectivity index (χ1v) is 5.78. The van der Waals surface area contributed by atoms with Gasteiger partial charge in [-0.3, -0.25) is 4.79 Å². The number of amides is 1. The van der Waals surface area contributed by atoms with Gasteiger partial charge in [0.05, 0.1) is 6.10 Å². The predicted molar refractivity (Wildman–Crippen MR) is 61.8 cm³/mol. The molecule has 86 valence electrons. The van der Waals surface area contributed by atoms with Gasteiger partial charge in [0.1, 0.15) is 0 Å². The summed E-state index contributed by atoms with van der Waals surface area (Å²) in [5, 5.41) is 9.93. The Hall–Kier alpha value is -1.35. The Balaban J connectivity index is 1.84. The van der Waals surface area contributed by atoms with E-state index < -0.39 is 6.10 Å². The average Bonchev–Trinajstić information content (AvgIpc) is 2.73. The van der Waals surface area contributed by atoms with Crippen LogP contribution in [0.2, 0.25) is 0 Å². The molecule has 1 aliphatic rings. The van der Waals surface area contributed by atoms with Crippen LogP contribution >= 0.6 is 0 Å². The third kappa shape index (κ3) is 2.61. The number of aliphatic hydroxyl groups is 1. The van der Waals surface area contributed by atoms with E-state index in [0.29, 0.717) is 19.4 Å². The minimum absolute atomic E-state index is 0.222. The number of hydrogen-bond acceptors (Lipinski definition) is 2. The Morgan fingerprint density at radius 1 is 1.31 bits per heavy atom. The number of benzene rings is 1. The van der Waals surface area contributed by atoms with Crippen LogP contribution < -0.4 is 0 Å². The molecule has 0 bridgehead atoms. The summed E-state index contributed by atoms with van der Waals surface area (Å²) in [4.78, 5) is 13.2. The monoisotopic (exact) mass is 219 g/mol. The van der Waals surface area contributed by atoms with Crippen LogP contribution in [0.5, 0.6) is 0 Å². The summed E-state index contributed by atoms with van der Waals surface area (Å²) in [7, 11) is 0. The minimum atomic E-state index is -0.463. The summed E-state index contributed by atoms with van der Waals surface area (Å²) in [6.45, 7) is 1.51. The summed E-state index contributed by atoms with van der Waals surface area (Å²) in [5.41, 5.74) is 0.925. The molecular formula is C13H17NO2. The molecule has 1 fully saturated rings. The molecule has 2 rings (SSSR count). The Labute approximate surface area is 95.7 Å². The number of aliphatic hydroxyl groups excluding tert-OH is 1.